The fourth-order valence-corrected chi connectivity index (χ4v) is 2.87. The zero-order valence-corrected chi connectivity index (χ0v) is 16.0. The molecule has 0 heterocycles. The summed E-state index contributed by atoms with van der Waals surface area (Å²) in [6.45, 7) is 9.33. The molecule has 0 aliphatic heterocycles. The van der Waals surface area contributed by atoms with Gasteiger partial charge in [-0.15, -0.1) is 11.8 Å². The van der Waals surface area contributed by atoms with Crippen LogP contribution in [0.25, 0.3) is 0 Å². The fourth-order valence-electron chi connectivity index (χ4n) is 1.77. The summed E-state index contributed by atoms with van der Waals surface area (Å²) in [6, 6.07) is 6.36. The van der Waals surface area contributed by atoms with Gasteiger partial charge in [0.15, 0.2) is 5.11 Å². The highest BCUT2D eigenvalue weighted by Crippen LogP contribution is 2.21. The number of thioether (sulfide) groups is 1. The number of benzene rings is 1. The van der Waals surface area contributed by atoms with Crippen molar-refractivity contribution >= 4 is 35.0 Å². The molecule has 23 heavy (non-hydrogen) atoms. The first-order valence-electron chi connectivity index (χ1n) is 7.91. The van der Waals surface area contributed by atoms with Crippen LogP contribution in [0.3, 0.4) is 0 Å². The molecule has 6 heteroatoms. The number of carbonyl (C=O) groups is 1. The van der Waals surface area contributed by atoms with Crippen molar-refractivity contribution < 1.29 is 4.79 Å². The predicted octanol–water partition coefficient (Wildman–Crippen LogP) is 3.33. The van der Waals surface area contributed by atoms with Crippen LogP contribution >= 0.6 is 24.0 Å². The summed E-state index contributed by atoms with van der Waals surface area (Å²) in [6.07, 6.45) is 1.49. The van der Waals surface area contributed by atoms with Gasteiger partial charge in [0.2, 0.25) is 5.91 Å². The summed E-state index contributed by atoms with van der Waals surface area (Å²) in [5.74, 6) is 1.31. The van der Waals surface area contributed by atoms with Crippen LogP contribution in [0.5, 0.6) is 0 Å². The van der Waals surface area contributed by atoms with Crippen molar-refractivity contribution in [3.63, 3.8) is 0 Å². The summed E-state index contributed by atoms with van der Waals surface area (Å²) < 4.78 is 0. The highest BCUT2D eigenvalue weighted by molar-refractivity contribution is 7.99. The predicted molar refractivity (Wildman–Crippen MR) is 103 cm³/mol. The average Bonchev–Trinajstić information content (AvgIpc) is 2.48. The Kier molecular flexibility index (Phi) is 9.02. The molecule has 0 aliphatic carbocycles. The molecule has 128 valence electrons. The molecule has 0 atom stereocenters. The van der Waals surface area contributed by atoms with Crippen LogP contribution in [-0.4, -0.2) is 23.3 Å². The summed E-state index contributed by atoms with van der Waals surface area (Å²) in [7, 11) is 0. The van der Waals surface area contributed by atoms with Crippen LogP contribution in [0.1, 0.15) is 37.8 Å². The van der Waals surface area contributed by atoms with Crippen LogP contribution in [-0.2, 0) is 4.79 Å². The highest BCUT2D eigenvalue weighted by Gasteiger charge is 2.04. The molecule has 0 fully saturated rings. The molecule has 0 saturated carbocycles. The van der Waals surface area contributed by atoms with Crippen LogP contribution in [0.15, 0.2) is 23.1 Å². The van der Waals surface area contributed by atoms with Crippen LogP contribution in [0.2, 0.25) is 0 Å². The van der Waals surface area contributed by atoms with E-state index in [4.69, 9.17) is 12.2 Å². The number of carbonyl (C=O) groups excluding carboxylic acids is 1. The third kappa shape index (κ3) is 8.81. The lowest BCUT2D eigenvalue weighted by Crippen LogP contribution is -2.47. The van der Waals surface area contributed by atoms with Gasteiger partial charge in [-0.25, -0.2) is 0 Å². The van der Waals surface area contributed by atoms with Gasteiger partial charge in [0.1, 0.15) is 0 Å². The Morgan fingerprint density at radius 1 is 1.22 bits per heavy atom. The summed E-state index contributed by atoms with van der Waals surface area (Å²) in [5, 5.41) is 3.52. The second-order valence-corrected chi connectivity index (χ2v) is 7.53. The number of rotatable bonds is 7. The van der Waals surface area contributed by atoms with Gasteiger partial charge in [0.25, 0.3) is 0 Å². The van der Waals surface area contributed by atoms with E-state index in [9.17, 15) is 4.79 Å². The van der Waals surface area contributed by atoms with E-state index in [0.717, 1.165) is 18.7 Å². The lowest BCUT2D eigenvalue weighted by atomic mass is 10.1. The molecule has 0 bridgehead atoms. The topological polar surface area (TPSA) is 53.2 Å². The fraction of sp³-hybridized carbons (Fsp3) is 0.529. The van der Waals surface area contributed by atoms with Crippen molar-refractivity contribution in [2.24, 2.45) is 5.92 Å². The van der Waals surface area contributed by atoms with Crippen LogP contribution in [0, 0.1) is 19.8 Å². The maximum atomic E-state index is 11.8. The van der Waals surface area contributed by atoms with E-state index < -0.39 is 0 Å². The zero-order chi connectivity index (χ0) is 17.2. The Labute approximate surface area is 149 Å². The minimum atomic E-state index is -0.0608. The van der Waals surface area contributed by atoms with E-state index in [-0.39, 0.29) is 5.91 Å². The second kappa shape index (κ2) is 10.5. The molecule has 1 aromatic rings. The average molecular weight is 354 g/mol. The molecular formula is C17H27N3OS2. The molecule has 0 aliphatic rings. The van der Waals surface area contributed by atoms with E-state index in [1.165, 1.54) is 16.0 Å². The van der Waals surface area contributed by atoms with Gasteiger partial charge in [0.05, 0.1) is 0 Å². The van der Waals surface area contributed by atoms with Crippen molar-refractivity contribution in [3.8, 4) is 0 Å². The lowest BCUT2D eigenvalue weighted by molar-refractivity contribution is -0.121. The Balaban J connectivity index is 2.16. The Hall–Kier alpha value is -1.27. The first kappa shape index (κ1) is 19.8. The first-order valence-corrected chi connectivity index (χ1v) is 9.30. The monoisotopic (exact) mass is 353 g/mol. The minimum Gasteiger partial charge on any atom is -0.361 e. The van der Waals surface area contributed by atoms with Gasteiger partial charge in [0, 0.05) is 23.6 Å². The SMILES string of the molecule is Cc1ccc(SCCC(=O)NNC(=S)NCCC(C)C)cc1C. The number of nitrogens with one attached hydrogen (secondary N) is 3. The van der Waals surface area contributed by atoms with Crippen molar-refractivity contribution in [2.75, 3.05) is 12.3 Å². The number of hydrazine groups is 1. The molecule has 4 nitrogen and oxygen atoms in total. The van der Waals surface area contributed by atoms with E-state index in [1.807, 2.05) is 0 Å². The van der Waals surface area contributed by atoms with Gasteiger partial charge in [-0.2, -0.15) is 0 Å². The van der Waals surface area contributed by atoms with Crippen molar-refractivity contribution in [1.82, 2.24) is 16.2 Å². The smallest absolute Gasteiger partial charge is 0.239 e. The van der Waals surface area contributed by atoms with Gasteiger partial charge < -0.3 is 5.32 Å². The summed E-state index contributed by atoms with van der Waals surface area (Å²) in [5.41, 5.74) is 7.92. The second-order valence-electron chi connectivity index (χ2n) is 5.96. The van der Waals surface area contributed by atoms with Crippen molar-refractivity contribution in [2.45, 2.75) is 45.4 Å². The Morgan fingerprint density at radius 2 is 1.96 bits per heavy atom. The highest BCUT2D eigenvalue weighted by atomic mass is 32.2. The number of aryl methyl sites for hydroxylation is 2. The molecule has 1 aromatic carbocycles. The van der Waals surface area contributed by atoms with E-state index in [1.54, 1.807) is 11.8 Å². The molecule has 0 spiro atoms. The quantitative estimate of drug-likeness (QED) is 0.399. The van der Waals surface area contributed by atoms with E-state index in [2.05, 4.69) is 62.1 Å². The first-order chi connectivity index (χ1) is 10.9. The zero-order valence-electron chi connectivity index (χ0n) is 14.4. The number of hydrogen-bond donors (Lipinski definition) is 3. The minimum absolute atomic E-state index is 0.0608. The summed E-state index contributed by atoms with van der Waals surface area (Å²) >= 11 is 6.78. The molecule has 0 aromatic heterocycles. The van der Waals surface area contributed by atoms with Crippen molar-refractivity contribution in [1.29, 1.82) is 0 Å². The normalized spacial score (nSPS) is 10.5. The number of hydrogen-bond acceptors (Lipinski definition) is 3. The molecule has 0 unspecified atom stereocenters. The van der Waals surface area contributed by atoms with Gasteiger partial charge in [-0.3, -0.25) is 15.6 Å². The maximum absolute atomic E-state index is 11.8. The molecule has 0 saturated heterocycles. The number of thiocarbonyl (C=S) groups is 1. The number of amides is 1. The Morgan fingerprint density at radius 3 is 2.61 bits per heavy atom. The third-order valence-corrected chi connectivity index (χ3v) is 4.64. The third-order valence-electron chi connectivity index (χ3n) is 3.40. The molecular weight excluding hydrogens is 326 g/mol. The molecule has 1 amide bonds. The largest absolute Gasteiger partial charge is 0.361 e. The van der Waals surface area contributed by atoms with Crippen LogP contribution in [0.4, 0.5) is 0 Å². The maximum Gasteiger partial charge on any atom is 0.239 e. The van der Waals surface area contributed by atoms with Gasteiger partial charge in [-0.05, 0) is 61.7 Å². The molecule has 3 N–H and O–H groups in total. The Bertz CT molecular complexity index is 533. The standard InChI is InChI=1S/C17H27N3OS2/c1-12(2)7-9-18-17(22)20-19-16(21)8-10-23-15-6-5-13(3)14(4)11-15/h5-6,11-12H,7-10H2,1-4H3,(H,19,21)(H2,18,20,22). The van der Waals surface area contributed by atoms with E-state index >= 15 is 0 Å². The molecule has 0 radical (unpaired) electrons. The lowest BCUT2D eigenvalue weighted by Gasteiger charge is -2.12. The van der Waals surface area contributed by atoms with Crippen LogP contribution < -0.4 is 16.2 Å². The van der Waals surface area contributed by atoms with Gasteiger partial charge >= 0.3 is 0 Å². The van der Waals surface area contributed by atoms with E-state index in [0.29, 0.717) is 17.5 Å². The molecule has 1 rings (SSSR count). The van der Waals surface area contributed by atoms with Gasteiger partial charge in [-0.1, -0.05) is 19.9 Å². The summed E-state index contributed by atoms with van der Waals surface area (Å²) in [4.78, 5) is 13.0. The van der Waals surface area contributed by atoms with Crippen molar-refractivity contribution in [3.05, 3.63) is 29.3 Å².